The van der Waals surface area contributed by atoms with Crippen molar-refractivity contribution in [2.75, 3.05) is 0 Å². The summed E-state index contributed by atoms with van der Waals surface area (Å²) in [6, 6.07) is 1.46. The van der Waals surface area contributed by atoms with E-state index in [1.807, 2.05) is 0 Å². The highest BCUT2D eigenvalue weighted by atomic mass is 16.7. The number of rotatable bonds is 3. The van der Waals surface area contributed by atoms with Gasteiger partial charge in [0.15, 0.2) is 12.0 Å². The van der Waals surface area contributed by atoms with Crippen LogP contribution in [0, 0.1) is 20.2 Å². The topological polar surface area (TPSA) is 109 Å². The Morgan fingerprint density at radius 2 is 2.06 bits per heavy atom. The molecule has 0 fully saturated rings. The van der Waals surface area contributed by atoms with E-state index in [9.17, 15) is 20.2 Å². The van der Waals surface area contributed by atoms with Gasteiger partial charge in [-0.2, -0.15) is 0 Å². The Bertz CT molecular complexity index is 451. The lowest BCUT2D eigenvalue weighted by molar-refractivity contribution is -0.559. The number of furan rings is 1. The minimum atomic E-state index is -1.54. The van der Waals surface area contributed by atoms with Crippen molar-refractivity contribution in [2.24, 2.45) is 0 Å². The van der Waals surface area contributed by atoms with Gasteiger partial charge in [-0.3, -0.25) is 20.2 Å². The van der Waals surface area contributed by atoms with Gasteiger partial charge in [-0.05, 0) is 12.1 Å². The van der Waals surface area contributed by atoms with E-state index in [1.54, 1.807) is 0 Å². The maximum atomic E-state index is 10.8. The van der Waals surface area contributed by atoms with E-state index in [4.69, 9.17) is 9.15 Å². The van der Waals surface area contributed by atoms with Gasteiger partial charge in [-0.1, -0.05) is 0 Å². The highest BCUT2D eigenvalue weighted by Gasteiger charge is 2.51. The van der Waals surface area contributed by atoms with Crippen LogP contribution >= 0.6 is 0 Å². The fourth-order valence-corrected chi connectivity index (χ4v) is 1.49. The van der Waals surface area contributed by atoms with Crippen molar-refractivity contribution in [3.05, 3.63) is 56.3 Å². The maximum absolute atomic E-state index is 10.8. The van der Waals surface area contributed by atoms with E-state index in [0.29, 0.717) is 0 Å². The van der Waals surface area contributed by atoms with Gasteiger partial charge in [0.05, 0.1) is 11.2 Å². The summed E-state index contributed by atoms with van der Waals surface area (Å²) in [5.41, 5.74) is -0.577. The van der Waals surface area contributed by atoms with Crippen LogP contribution in [-0.4, -0.2) is 15.9 Å². The summed E-state index contributed by atoms with van der Waals surface area (Å²) in [6.45, 7) is 0. The standard InChI is InChI=1S/C8H6N2O6/c11-9(12)5-4-16-8(7(5)10(13)14)6-2-1-3-15-6/h1-4,7-8H. The van der Waals surface area contributed by atoms with Crippen LogP contribution in [0.4, 0.5) is 0 Å². The van der Waals surface area contributed by atoms with Crippen LogP contribution in [0.5, 0.6) is 0 Å². The molecule has 2 unspecified atom stereocenters. The van der Waals surface area contributed by atoms with Gasteiger partial charge >= 0.3 is 11.7 Å². The van der Waals surface area contributed by atoms with E-state index in [1.165, 1.54) is 18.4 Å². The molecular formula is C8H6N2O6. The Kier molecular flexibility index (Phi) is 2.31. The summed E-state index contributed by atoms with van der Waals surface area (Å²) in [6.07, 6.45) is 1.03. The molecule has 0 spiro atoms. The molecule has 0 saturated heterocycles. The van der Waals surface area contributed by atoms with Crippen molar-refractivity contribution >= 4 is 0 Å². The molecule has 2 rings (SSSR count). The second kappa shape index (κ2) is 3.65. The van der Waals surface area contributed by atoms with E-state index < -0.39 is 27.7 Å². The van der Waals surface area contributed by atoms with Crippen molar-refractivity contribution in [1.82, 2.24) is 0 Å². The van der Waals surface area contributed by atoms with Gasteiger partial charge in [-0.15, -0.1) is 0 Å². The van der Waals surface area contributed by atoms with Crippen LogP contribution in [-0.2, 0) is 4.74 Å². The quantitative estimate of drug-likeness (QED) is 0.564. The molecule has 0 aromatic carbocycles. The van der Waals surface area contributed by atoms with Crippen LogP contribution in [0.3, 0.4) is 0 Å². The number of nitrogens with zero attached hydrogens (tertiary/aromatic N) is 2. The Labute approximate surface area is 88.4 Å². The van der Waals surface area contributed by atoms with Crippen LogP contribution in [0.25, 0.3) is 0 Å². The van der Waals surface area contributed by atoms with E-state index in [2.05, 4.69) is 0 Å². The fraction of sp³-hybridized carbons (Fsp3) is 0.250. The van der Waals surface area contributed by atoms with E-state index >= 15 is 0 Å². The molecule has 0 aliphatic carbocycles. The monoisotopic (exact) mass is 226 g/mol. The predicted molar refractivity (Wildman–Crippen MR) is 48.4 cm³/mol. The molecule has 0 amide bonds. The molecule has 2 heterocycles. The Morgan fingerprint density at radius 3 is 2.56 bits per heavy atom. The summed E-state index contributed by atoms with van der Waals surface area (Å²) in [7, 11) is 0. The Balaban J connectivity index is 2.32. The average Bonchev–Trinajstić information content (AvgIpc) is 2.85. The number of hydrogen-bond acceptors (Lipinski definition) is 6. The average molecular weight is 226 g/mol. The van der Waals surface area contributed by atoms with Gasteiger partial charge < -0.3 is 9.15 Å². The summed E-state index contributed by atoms with van der Waals surface area (Å²) < 4.78 is 9.85. The molecule has 1 aromatic rings. The zero-order valence-corrected chi connectivity index (χ0v) is 7.81. The number of ether oxygens (including phenoxy) is 1. The first kappa shape index (κ1) is 10.1. The van der Waals surface area contributed by atoms with E-state index in [-0.39, 0.29) is 5.76 Å². The molecule has 1 aliphatic heterocycles. The van der Waals surface area contributed by atoms with Gasteiger partial charge in [0.2, 0.25) is 6.10 Å². The predicted octanol–water partition coefficient (Wildman–Crippen LogP) is 1.11. The lowest BCUT2D eigenvalue weighted by atomic mass is 10.1. The van der Waals surface area contributed by atoms with Gasteiger partial charge in [0, 0.05) is 4.92 Å². The lowest BCUT2D eigenvalue weighted by Crippen LogP contribution is -2.29. The molecule has 1 aromatic heterocycles. The highest BCUT2D eigenvalue weighted by Crippen LogP contribution is 2.34. The summed E-state index contributed by atoms with van der Waals surface area (Å²) >= 11 is 0. The summed E-state index contributed by atoms with van der Waals surface area (Å²) in [5, 5.41) is 21.3. The van der Waals surface area contributed by atoms with Crippen molar-refractivity contribution in [3.63, 3.8) is 0 Å². The van der Waals surface area contributed by atoms with Crippen molar-refractivity contribution in [1.29, 1.82) is 0 Å². The molecule has 1 aliphatic rings. The van der Waals surface area contributed by atoms with Crippen molar-refractivity contribution in [3.8, 4) is 0 Å². The zero-order chi connectivity index (χ0) is 11.7. The van der Waals surface area contributed by atoms with Gasteiger partial charge in [0.25, 0.3) is 0 Å². The first-order valence-electron chi connectivity index (χ1n) is 4.28. The zero-order valence-electron chi connectivity index (χ0n) is 7.81. The molecule has 16 heavy (non-hydrogen) atoms. The minimum Gasteiger partial charge on any atom is -0.475 e. The molecular weight excluding hydrogens is 220 g/mol. The third-order valence-electron chi connectivity index (χ3n) is 2.19. The summed E-state index contributed by atoms with van der Waals surface area (Å²) in [4.78, 5) is 19.7. The van der Waals surface area contributed by atoms with Crippen molar-refractivity contribution < 1.29 is 19.0 Å². The SMILES string of the molecule is O=[N+]([O-])C1=COC(c2ccco2)C1[N+](=O)[O-]. The molecule has 8 nitrogen and oxygen atoms in total. The van der Waals surface area contributed by atoms with Crippen LogP contribution < -0.4 is 0 Å². The second-order valence-corrected chi connectivity index (χ2v) is 3.10. The largest absolute Gasteiger partial charge is 0.475 e. The molecule has 84 valence electrons. The molecule has 0 saturated carbocycles. The lowest BCUT2D eigenvalue weighted by Gasteiger charge is -2.08. The molecule has 8 heteroatoms. The normalized spacial score (nSPS) is 23.6. The smallest absolute Gasteiger partial charge is 0.358 e. The minimum absolute atomic E-state index is 0.190. The first-order valence-corrected chi connectivity index (χ1v) is 4.28. The molecule has 0 bridgehead atoms. The summed E-state index contributed by atoms with van der Waals surface area (Å²) in [5.74, 6) is 0.190. The third kappa shape index (κ3) is 1.49. The van der Waals surface area contributed by atoms with E-state index in [0.717, 1.165) is 6.26 Å². The molecule has 0 N–H and O–H groups in total. The Hall–Kier alpha value is -2.38. The van der Waals surface area contributed by atoms with Crippen LogP contribution in [0.2, 0.25) is 0 Å². The van der Waals surface area contributed by atoms with Crippen LogP contribution in [0.15, 0.2) is 34.8 Å². The maximum Gasteiger partial charge on any atom is 0.358 e. The Morgan fingerprint density at radius 1 is 1.31 bits per heavy atom. The first-order chi connectivity index (χ1) is 7.61. The van der Waals surface area contributed by atoms with Crippen LogP contribution in [0.1, 0.15) is 11.9 Å². The van der Waals surface area contributed by atoms with Gasteiger partial charge in [0.1, 0.15) is 0 Å². The molecule has 0 radical (unpaired) electrons. The second-order valence-electron chi connectivity index (χ2n) is 3.10. The molecule has 2 atom stereocenters. The number of nitro groups is 2. The van der Waals surface area contributed by atoms with Crippen molar-refractivity contribution in [2.45, 2.75) is 12.1 Å². The fourth-order valence-electron chi connectivity index (χ4n) is 1.49. The highest BCUT2D eigenvalue weighted by molar-refractivity contribution is 5.14. The third-order valence-corrected chi connectivity index (χ3v) is 2.19. The van der Waals surface area contributed by atoms with Gasteiger partial charge in [-0.25, -0.2) is 0 Å². The number of hydrogen-bond donors (Lipinski definition) is 0.